The van der Waals surface area contributed by atoms with E-state index in [4.69, 9.17) is 0 Å². The molecule has 0 N–H and O–H groups in total. The Kier molecular flexibility index (Phi) is 7.38. The lowest BCUT2D eigenvalue weighted by Crippen LogP contribution is -1.83. The maximum absolute atomic E-state index is 2.28. The van der Waals surface area contributed by atoms with Crippen molar-refractivity contribution >= 4 is 0 Å². The molecule has 0 radical (unpaired) electrons. The molecule has 0 atom stereocenters. The van der Waals surface area contributed by atoms with Crippen molar-refractivity contribution in [3.05, 3.63) is 35.4 Å². The first-order valence-corrected chi connectivity index (χ1v) is 5.36. The highest BCUT2D eigenvalue weighted by Crippen LogP contribution is 2.05. The number of hydrogen-bond acceptors (Lipinski definition) is 0. The summed E-state index contributed by atoms with van der Waals surface area (Å²) in [5.74, 6) is 0. The molecule has 1 aromatic rings. The molecule has 0 heterocycles. The molecule has 0 fully saturated rings. The number of aryl methyl sites for hydroxylation is 2. The van der Waals surface area contributed by atoms with Gasteiger partial charge in [-0.25, -0.2) is 0 Å². The Bertz CT molecular complexity index is 194. The molecule has 1 aromatic carbocycles. The molecule has 74 valence electrons. The molecule has 0 heteroatoms. The Morgan fingerprint density at radius 1 is 0.846 bits per heavy atom. The van der Waals surface area contributed by atoms with Crippen molar-refractivity contribution in [2.75, 3.05) is 0 Å². The van der Waals surface area contributed by atoms with Gasteiger partial charge in [-0.1, -0.05) is 58.4 Å². The van der Waals surface area contributed by atoms with E-state index in [0.717, 1.165) is 12.8 Å². The van der Waals surface area contributed by atoms with Gasteiger partial charge >= 0.3 is 0 Å². The van der Waals surface area contributed by atoms with Gasteiger partial charge in [0.1, 0.15) is 0 Å². The largest absolute Gasteiger partial charge is 0.0656 e. The summed E-state index contributed by atoms with van der Waals surface area (Å²) in [7, 11) is 0. The lowest BCUT2D eigenvalue weighted by atomic mass is 10.1. The van der Waals surface area contributed by atoms with Crippen molar-refractivity contribution in [1.29, 1.82) is 0 Å². The van der Waals surface area contributed by atoms with Gasteiger partial charge in [-0.3, -0.25) is 0 Å². The summed E-state index contributed by atoms with van der Waals surface area (Å²) in [6.45, 7) is 8.63. The van der Waals surface area contributed by atoms with Crippen molar-refractivity contribution in [2.24, 2.45) is 0 Å². The fraction of sp³-hybridized carbons (Fsp3) is 0.538. The van der Waals surface area contributed by atoms with Crippen LogP contribution in [0.5, 0.6) is 0 Å². The summed E-state index contributed by atoms with van der Waals surface area (Å²) in [6, 6.07) is 8.77. The molecule has 0 aliphatic heterocycles. The summed E-state index contributed by atoms with van der Waals surface area (Å²) in [5.41, 5.74) is 2.89. The molecule has 1 rings (SSSR count). The van der Waals surface area contributed by atoms with Gasteiger partial charge in [0.25, 0.3) is 0 Å². The third kappa shape index (κ3) is 5.46. The molecule has 0 aromatic heterocycles. The summed E-state index contributed by atoms with van der Waals surface area (Å²) < 4.78 is 0. The van der Waals surface area contributed by atoms with E-state index in [1.54, 1.807) is 0 Å². The standard InChI is InChI=1S/C10H14.C3H8/c1-3-9-6-5-7-10(4-2)8-9;1-3-2/h5-8H,3-4H2,1-2H3;3H2,1-2H3. The van der Waals surface area contributed by atoms with E-state index < -0.39 is 0 Å². The molecule has 13 heavy (non-hydrogen) atoms. The quantitative estimate of drug-likeness (QED) is 0.636. The normalized spacial score (nSPS) is 8.92. The molecule has 0 spiro atoms. The van der Waals surface area contributed by atoms with Gasteiger partial charge < -0.3 is 0 Å². The fourth-order valence-corrected chi connectivity index (χ4v) is 1.07. The van der Waals surface area contributed by atoms with E-state index in [-0.39, 0.29) is 0 Å². The van der Waals surface area contributed by atoms with Gasteiger partial charge in [0.05, 0.1) is 0 Å². The van der Waals surface area contributed by atoms with E-state index in [1.807, 2.05) is 0 Å². The molecule has 0 amide bonds. The molecule has 0 unspecified atom stereocenters. The van der Waals surface area contributed by atoms with Gasteiger partial charge in [-0.05, 0) is 24.0 Å². The van der Waals surface area contributed by atoms with Crippen LogP contribution in [0.4, 0.5) is 0 Å². The maximum atomic E-state index is 2.28. The smallest absolute Gasteiger partial charge is 0.0307 e. The zero-order valence-electron chi connectivity index (χ0n) is 9.43. The lowest BCUT2D eigenvalue weighted by molar-refractivity contribution is 1.09. The highest BCUT2D eigenvalue weighted by molar-refractivity contribution is 5.23. The van der Waals surface area contributed by atoms with Crippen LogP contribution in [-0.2, 0) is 12.8 Å². The van der Waals surface area contributed by atoms with Gasteiger partial charge in [-0.15, -0.1) is 0 Å². The first-order chi connectivity index (χ1) is 6.28. The van der Waals surface area contributed by atoms with E-state index in [2.05, 4.69) is 52.0 Å². The molecule has 0 nitrogen and oxygen atoms in total. The highest BCUT2D eigenvalue weighted by Gasteiger charge is 1.89. The summed E-state index contributed by atoms with van der Waals surface area (Å²) in [4.78, 5) is 0. The summed E-state index contributed by atoms with van der Waals surface area (Å²) in [5, 5.41) is 0. The SMILES string of the molecule is CCC.CCc1cccc(CC)c1. The van der Waals surface area contributed by atoms with Crippen LogP contribution in [0.1, 0.15) is 45.2 Å². The van der Waals surface area contributed by atoms with Crippen molar-refractivity contribution in [3.63, 3.8) is 0 Å². The Hall–Kier alpha value is -0.780. The minimum absolute atomic E-state index is 1.15. The first kappa shape index (κ1) is 12.2. The van der Waals surface area contributed by atoms with Crippen LogP contribution in [0.3, 0.4) is 0 Å². The fourth-order valence-electron chi connectivity index (χ4n) is 1.07. The second kappa shape index (κ2) is 7.85. The Morgan fingerprint density at radius 2 is 1.23 bits per heavy atom. The van der Waals surface area contributed by atoms with Crippen molar-refractivity contribution in [1.82, 2.24) is 0 Å². The number of benzene rings is 1. The average molecular weight is 178 g/mol. The number of hydrogen-bond donors (Lipinski definition) is 0. The predicted octanol–water partition coefficient (Wildman–Crippen LogP) is 4.23. The molecule has 0 aliphatic rings. The van der Waals surface area contributed by atoms with Crippen molar-refractivity contribution in [2.45, 2.75) is 47.0 Å². The van der Waals surface area contributed by atoms with E-state index in [1.165, 1.54) is 17.5 Å². The van der Waals surface area contributed by atoms with Crippen LogP contribution in [0.15, 0.2) is 24.3 Å². The second-order valence-electron chi connectivity index (χ2n) is 3.23. The first-order valence-electron chi connectivity index (χ1n) is 5.36. The van der Waals surface area contributed by atoms with Crippen LogP contribution in [0, 0.1) is 0 Å². The van der Waals surface area contributed by atoms with E-state index >= 15 is 0 Å². The summed E-state index contributed by atoms with van der Waals surface area (Å²) >= 11 is 0. The van der Waals surface area contributed by atoms with Crippen LogP contribution >= 0.6 is 0 Å². The van der Waals surface area contributed by atoms with Crippen LogP contribution in [-0.4, -0.2) is 0 Å². The van der Waals surface area contributed by atoms with E-state index in [9.17, 15) is 0 Å². The zero-order chi connectivity index (χ0) is 10.1. The monoisotopic (exact) mass is 178 g/mol. The van der Waals surface area contributed by atoms with Crippen LogP contribution < -0.4 is 0 Å². The van der Waals surface area contributed by atoms with E-state index in [0.29, 0.717) is 0 Å². The van der Waals surface area contributed by atoms with Crippen molar-refractivity contribution < 1.29 is 0 Å². The molecule has 0 aliphatic carbocycles. The summed E-state index contributed by atoms with van der Waals surface area (Å²) in [6.07, 6.45) is 3.54. The minimum atomic E-state index is 1.15. The van der Waals surface area contributed by atoms with Gasteiger partial charge in [0.15, 0.2) is 0 Å². The molecule has 0 bridgehead atoms. The van der Waals surface area contributed by atoms with Crippen LogP contribution in [0.25, 0.3) is 0 Å². The molecular weight excluding hydrogens is 156 g/mol. The van der Waals surface area contributed by atoms with Gasteiger partial charge in [-0.2, -0.15) is 0 Å². The van der Waals surface area contributed by atoms with Crippen molar-refractivity contribution in [3.8, 4) is 0 Å². The lowest BCUT2D eigenvalue weighted by Gasteiger charge is -1.98. The Balaban J connectivity index is 0.000000424. The minimum Gasteiger partial charge on any atom is -0.0656 e. The molecular formula is C13H22. The third-order valence-corrected chi connectivity index (χ3v) is 1.81. The highest BCUT2D eigenvalue weighted by atomic mass is 13.9. The van der Waals surface area contributed by atoms with Gasteiger partial charge in [0.2, 0.25) is 0 Å². The average Bonchev–Trinajstić information content (AvgIpc) is 2.19. The molecule has 0 saturated carbocycles. The predicted molar refractivity (Wildman–Crippen MR) is 61.2 cm³/mol. The topological polar surface area (TPSA) is 0 Å². The third-order valence-electron chi connectivity index (χ3n) is 1.81. The number of rotatable bonds is 2. The Labute approximate surface area is 83.0 Å². The maximum Gasteiger partial charge on any atom is -0.0307 e. The zero-order valence-corrected chi connectivity index (χ0v) is 9.43. The second-order valence-corrected chi connectivity index (χ2v) is 3.23. The van der Waals surface area contributed by atoms with Gasteiger partial charge in [0, 0.05) is 0 Å². The van der Waals surface area contributed by atoms with Crippen LogP contribution in [0.2, 0.25) is 0 Å². The Morgan fingerprint density at radius 3 is 1.54 bits per heavy atom. The molecule has 0 saturated heterocycles.